The molecule has 4 nitrogen and oxygen atoms in total. The second-order valence-electron chi connectivity index (χ2n) is 5.85. The predicted molar refractivity (Wildman–Crippen MR) is 101 cm³/mol. The van der Waals surface area contributed by atoms with Gasteiger partial charge in [-0.05, 0) is 49.6 Å². The summed E-state index contributed by atoms with van der Waals surface area (Å²) in [6, 6.07) is 11.6. The highest BCUT2D eigenvalue weighted by atomic mass is 16.5. The number of carbonyl (C=O) groups excluding carboxylic acids is 1. The molecule has 2 rings (SSSR count). The number of rotatable bonds is 7. The summed E-state index contributed by atoms with van der Waals surface area (Å²) >= 11 is 0. The molecule has 0 aliphatic carbocycles. The number of aromatic nitrogens is 1. The van der Waals surface area contributed by atoms with Crippen molar-refractivity contribution in [2.45, 2.75) is 33.2 Å². The Morgan fingerprint density at radius 2 is 1.92 bits per heavy atom. The Labute approximate surface area is 150 Å². The fourth-order valence-corrected chi connectivity index (χ4v) is 2.94. The van der Waals surface area contributed by atoms with Crippen molar-refractivity contribution in [2.24, 2.45) is 0 Å². The van der Waals surface area contributed by atoms with Crippen LogP contribution in [0.2, 0.25) is 0 Å². The number of methoxy groups -OCH3 is 1. The van der Waals surface area contributed by atoms with Gasteiger partial charge in [-0.1, -0.05) is 31.2 Å². The molecule has 1 heterocycles. The van der Waals surface area contributed by atoms with Crippen LogP contribution in [0.1, 0.15) is 44.4 Å². The van der Waals surface area contributed by atoms with Crippen molar-refractivity contribution in [2.75, 3.05) is 13.7 Å². The second-order valence-corrected chi connectivity index (χ2v) is 5.85. The van der Waals surface area contributed by atoms with Crippen LogP contribution in [-0.4, -0.2) is 29.4 Å². The minimum atomic E-state index is -0.183. The summed E-state index contributed by atoms with van der Waals surface area (Å²) < 4.78 is 5.26. The minimum absolute atomic E-state index is 0.0500. The number of likely N-dealkylation sites (N-methyl/N-ethyl adjacent to an activating group) is 1. The highest BCUT2D eigenvalue weighted by Gasteiger charge is 2.26. The van der Waals surface area contributed by atoms with E-state index in [1.165, 1.54) is 0 Å². The maximum absolute atomic E-state index is 13.0. The van der Waals surface area contributed by atoms with Crippen LogP contribution < -0.4 is 4.74 Å². The number of benzene rings is 1. The number of carbonyl (C=O) groups is 1. The molecule has 1 aromatic heterocycles. The topological polar surface area (TPSA) is 42.4 Å². The molecule has 0 fully saturated rings. The maximum atomic E-state index is 13.0. The summed E-state index contributed by atoms with van der Waals surface area (Å²) in [6.07, 6.45) is 6.38. The van der Waals surface area contributed by atoms with Crippen LogP contribution >= 0.6 is 0 Å². The van der Waals surface area contributed by atoms with Gasteiger partial charge in [0.1, 0.15) is 5.75 Å². The third-order valence-electron chi connectivity index (χ3n) is 4.19. The fraction of sp³-hybridized carbons (Fsp3) is 0.333. The van der Waals surface area contributed by atoms with Gasteiger partial charge in [-0.15, -0.1) is 0 Å². The number of nitrogens with zero attached hydrogens (tertiary/aromatic N) is 2. The van der Waals surface area contributed by atoms with E-state index in [1.807, 2.05) is 74.3 Å². The van der Waals surface area contributed by atoms with E-state index < -0.39 is 0 Å². The molecule has 0 spiro atoms. The molecule has 0 aliphatic heterocycles. The number of pyridine rings is 1. The quantitative estimate of drug-likeness (QED) is 0.703. The van der Waals surface area contributed by atoms with E-state index in [1.54, 1.807) is 13.3 Å². The van der Waals surface area contributed by atoms with Crippen LogP contribution in [0.5, 0.6) is 5.75 Å². The summed E-state index contributed by atoms with van der Waals surface area (Å²) in [5, 5.41) is 0. The van der Waals surface area contributed by atoms with Crippen molar-refractivity contribution in [3.05, 3.63) is 71.6 Å². The third kappa shape index (κ3) is 4.47. The molecule has 0 radical (unpaired) electrons. The molecule has 0 saturated carbocycles. The lowest BCUT2D eigenvalue weighted by molar-refractivity contribution is -0.128. The van der Waals surface area contributed by atoms with Crippen LogP contribution in [0.4, 0.5) is 0 Å². The molecule has 1 aromatic carbocycles. The molecule has 4 heteroatoms. The zero-order valence-corrected chi connectivity index (χ0v) is 15.4. The Bertz CT molecular complexity index is 708. The Balaban J connectivity index is 2.49. The van der Waals surface area contributed by atoms with E-state index in [4.69, 9.17) is 4.74 Å². The molecule has 1 atom stereocenters. The first-order valence-electron chi connectivity index (χ1n) is 8.63. The van der Waals surface area contributed by atoms with Crippen molar-refractivity contribution < 1.29 is 9.53 Å². The number of hydrogen-bond acceptors (Lipinski definition) is 3. The number of ether oxygens (including phenoxy) is 1. The molecule has 2 aromatic rings. The van der Waals surface area contributed by atoms with Crippen LogP contribution in [-0.2, 0) is 4.79 Å². The summed E-state index contributed by atoms with van der Waals surface area (Å²) in [4.78, 5) is 19.1. The SMILES string of the molecule is CC/C=C(\C)C(=O)N(CC)C(c1ccc(OC)cc1)c1cccnc1. The molecular formula is C21H26N2O2. The van der Waals surface area contributed by atoms with Crippen LogP contribution in [0.25, 0.3) is 0 Å². The molecule has 1 amide bonds. The fourth-order valence-electron chi connectivity index (χ4n) is 2.94. The van der Waals surface area contributed by atoms with E-state index in [9.17, 15) is 4.79 Å². The number of allylic oxidation sites excluding steroid dienone is 1. The van der Waals surface area contributed by atoms with Gasteiger partial charge < -0.3 is 9.64 Å². The number of hydrogen-bond donors (Lipinski definition) is 0. The summed E-state index contributed by atoms with van der Waals surface area (Å²) in [6.45, 7) is 6.53. The average Bonchev–Trinajstić information content (AvgIpc) is 2.66. The van der Waals surface area contributed by atoms with Crippen molar-refractivity contribution in [3.63, 3.8) is 0 Å². The normalized spacial score (nSPS) is 12.6. The van der Waals surface area contributed by atoms with Crippen molar-refractivity contribution in [1.82, 2.24) is 9.88 Å². The van der Waals surface area contributed by atoms with Crippen molar-refractivity contribution in [1.29, 1.82) is 0 Å². The smallest absolute Gasteiger partial charge is 0.249 e. The molecule has 0 aliphatic rings. The monoisotopic (exact) mass is 338 g/mol. The first kappa shape index (κ1) is 18.7. The highest BCUT2D eigenvalue weighted by molar-refractivity contribution is 5.93. The van der Waals surface area contributed by atoms with Gasteiger partial charge in [-0.25, -0.2) is 0 Å². The van der Waals surface area contributed by atoms with Gasteiger partial charge in [0.15, 0.2) is 0 Å². The Hall–Kier alpha value is -2.62. The molecule has 1 unspecified atom stereocenters. The molecular weight excluding hydrogens is 312 g/mol. The van der Waals surface area contributed by atoms with Gasteiger partial charge >= 0.3 is 0 Å². The largest absolute Gasteiger partial charge is 0.497 e. The molecule has 0 bridgehead atoms. The standard InChI is InChI=1S/C21H26N2O2/c1-5-8-16(3)21(24)23(6-2)20(18-9-7-14-22-15-18)17-10-12-19(25-4)13-11-17/h7-15,20H,5-6H2,1-4H3/b16-8+. The predicted octanol–water partition coefficient (Wildman–Crippen LogP) is 4.38. The first-order chi connectivity index (χ1) is 12.1. The van der Waals surface area contributed by atoms with Crippen LogP contribution in [0.3, 0.4) is 0 Å². The van der Waals surface area contributed by atoms with Gasteiger partial charge in [0.25, 0.3) is 0 Å². The lowest BCUT2D eigenvalue weighted by Crippen LogP contribution is -2.36. The highest BCUT2D eigenvalue weighted by Crippen LogP contribution is 2.30. The Kier molecular flexibility index (Phi) is 6.75. The maximum Gasteiger partial charge on any atom is 0.249 e. The summed E-state index contributed by atoms with van der Waals surface area (Å²) in [5.74, 6) is 0.846. The zero-order valence-electron chi connectivity index (χ0n) is 15.4. The second kappa shape index (κ2) is 9.02. The van der Waals surface area contributed by atoms with E-state index in [2.05, 4.69) is 4.98 Å². The van der Waals surface area contributed by atoms with E-state index >= 15 is 0 Å². The first-order valence-corrected chi connectivity index (χ1v) is 8.63. The van der Waals surface area contributed by atoms with E-state index in [-0.39, 0.29) is 11.9 Å². The van der Waals surface area contributed by atoms with Crippen LogP contribution in [0, 0.1) is 0 Å². The lowest BCUT2D eigenvalue weighted by atomic mass is 9.97. The van der Waals surface area contributed by atoms with Gasteiger partial charge in [-0.2, -0.15) is 0 Å². The molecule has 0 N–H and O–H groups in total. The average molecular weight is 338 g/mol. The van der Waals surface area contributed by atoms with E-state index in [0.29, 0.717) is 6.54 Å². The van der Waals surface area contributed by atoms with Gasteiger partial charge in [0, 0.05) is 24.5 Å². The minimum Gasteiger partial charge on any atom is -0.497 e. The van der Waals surface area contributed by atoms with Gasteiger partial charge in [0.05, 0.1) is 13.2 Å². The summed E-state index contributed by atoms with van der Waals surface area (Å²) in [5.41, 5.74) is 2.80. The molecule has 132 valence electrons. The Morgan fingerprint density at radius 1 is 1.20 bits per heavy atom. The molecule has 0 saturated heterocycles. The third-order valence-corrected chi connectivity index (χ3v) is 4.19. The Morgan fingerprint density at radius 3 is 2.44 bits per heavy atom. The van der Waals surface area contributed by atoms with Crippen molar-refractivity contribution >= 4 is 5.91 Å². The lowest BCUT2D eigenvalue weighted by Gasteiger charge is -2.32. The molecule has 25 heavy (non-hydrogen) atoms. The van der Waals surface area contributed by atoms with Crippen LogP contribution in [0.15, 0.2) is 60.4 Å². The van der Waals surface area contributed by atoms with Crippen molar-refractivity contribution in [3.8, 4) is 5.75 Å². The summed E-state index contributed by atoms with van der Waals surface area (Å²) in [7, 11) is 1.65. The van der Waals surface area contributed by atoms with Gasteiger partial charge in [-0.3, -0.25) is 9.78 Å². The van der Waals surface area contributed by atoms with E-state index in [0.717, 1.165) is 28.9 Å². The van der Waals surface area contributed by atoms with Gasteiger partial charge in [0.2, 0.25) is 5.91 Å². The number of amides is 1. The zero-order chi connectivity index (χ0) is 18.2.